The van der Waals surface area contributed by atoms with Crippen molar-refractivity contribution in [2.24, 2.45) is 7.05 Å². The summed E-state index contributed by atoms with van der Waals surface area (Å²) in [5.41, 5.74) is 4.14. The Labute approximate surface area is 193 Å². The van der Waals surface area contributed by atoms with Crippen molar-refractivity contribution in [3.05, 3.63) is 70.5 Å². The third-order valence-electron chi connectivity index (χ3n) is 6.91. The van der Waals surface area contributed by atoms with Gasteiger partial charge < -0.3 is 9.32 Å². The quantitative estimate of drug-likeness (QED) is 0.379. The summed E-state index contributed by atoms with van der Waals surface area (Å²) in [6.07, 6.45) is 3.00. The van der Waals surface area contributed by atoms with E-state index in [2.05, 4.69) is 10.1 Å². The first-order valence-corrected chi connectivity index (χ1v) is 11.2. The Bertz CT molecular complexity index is 1450. The number of rotatable bonds is 2. The Morgan fingerprint density at radius 3 is 2.65 bits per heavy atom. The number of aromatic nitrogens is 3. The average Bonchev–Trinajstić information content (AvgIpc) is 3.33. The third kappa shape index (κ3) is 3.06. The number of carbonyl (C=O) groups excluding carboxylic acids is 1. The molecule has 174 valence electrons. The lowest BCUT2D eigenvalue weighted by Gasteiger charge is -2.45. The van der Waals surface area contributed by atoms with Crippen LogP contribution < -0.4 is 0 Å². The second-order valence-corrected chi connectivity index (χ2v) is 9.02. The van der Waals surface area contributed by atoms with E-state index in [0.29, 0.717) is 34.7 Å². The minimum Gasteiger partial charge on any atom is -0.441 e. The summed E-state index contributed by atoms with van der Waals surface area (Å²) in [7, 11) is 1.70. The first-order chi connectivity index (χ1) is 16.3. The monoisotopic (exact) mass is 466 g/mol. The van der Waals surface area contributed by atoms with Crippen molar-refractivity contribution < 1.29 is 22.4 Å². The Hall–Kier alpha value is -3.62. The van der Waals surface area contributed by atoms with E-state index >= 15 is 0 Å². The molecule has 34 heavy (non-hydrogen) atoms. The minimum absolute atomic E-state index is 0.0796. The van der Waals surface area contributed by atoms with Crippen molar-refractivity contribution in [1.29, 1.82) is 0 Å². The highest BCUT2D eigenvalue weighted by molar-refractivity contribution is 5.97. The Morgan fingerprint density at radius 1 is 1.12 bits per heavy atom. The molecule has 0 spiro atoms. The number of carbonyl (C=O) groups is 1. The Balaban J connectivity index is 1.42. The van der Waals surface area contributed by atoms with Crippen LogP contribution in [0.3, 0.4) is 0 Å². The number of aryl methyl sites for hydroxylation is 2. The van der Waals surface area contributed by atoms with Gasteiger partial charge in [-0.3, -0.25) is 9.48 Å². The van der Waals surface area contributed by atoms with E-state index in [4.69, 9.17) is 4.42 Å². The summed E-state index contributed by atoms with van der Waals surface area (Å²) < 4.78 is 48.7. The van der Waals surface area contributed by atoms with Gasteiger partial charge in [0, 0.05) is 36.7 Å². The number of hydrogen-bond acceptors (Lipinski definition) is 4. The molecule has 2 atom stereocenters. The lowest BCUT2D eigenvalue weighted by Crippen LogP contribution is -2.49. The fraction of sp³-hybridized carbons (Fsp3) is 0.320. The molecular formula is C25H21F3N4O2. The average molecular weight is 466 g/mol. The predicted molar refractivity (Wildman–Crippen MR) is 118 cm³/mol. The molecular weight excluding hydrogens is 445 g/mol. The molecule has 0 N–H and O–H groups in total. The SMILES string of the molecule is Cc1nc2ccc(C(=O)N3[C@H]4CCC[C@@H]3c3nn(C)c(-c5cc(F)c(F)c(F)c5)c3C4)cc2o1. The zero-order valence-corrected chi connectivity index (χ0v) is 18.6. The summed E-state index contributed by atoms with van der Waals surface area (Å²) in [5, 5.41) is 4.67. The second-order valence-electron chi connectivity index (χ2n) is 9.02. The molecule has 2 aliphatic rings. The first kappa shape index (κ1) is 20.9. The van der Waals surface area contributed by atoms with Crippen LogP contribution in [-0.4, -0.2) is 31.6 Å². The van der Waals surface area contributed by atoms with Gasteiger partial charge in [-0.1, -0.05) is 0 Å². The van der Waals surface area contributed by atoms with Gasteiger partial charge in [0.25, 0.3) is 5.91 Å². The maximum Gasteiger partial charge on any atom is 0.254 e. The molecule has 6 rings (SSSR count). The van der Waals surface area contributed by atoms with E-state index in [-0.39, 0.29) is 23.6 Å². The van der Waals surface area contributed by atoms with Crippen LogP contribution in [0.25, 0.3) is 22.4 Å². The lowest BCUT2D eigenvalue weighted by molar-refractivity contribution is 0.0392. The molecule has 2 aromatic heterocycles. The summed E-state index contributed by atoms with van der Waals surface area (Å²) in [5.74, 6) is -3.55. The highest BCUT2D eigenvalue weighted by atomic mass is 19.2. The molecule has 1 saturated heterocycles. The molecule has 0 aliphatic carbocycles. The fourth-order valence-electron chi connectivity index (χ4n) is 5.52. The second kappa shape index (κ2) is 7.44. The smallest absolute Gasteiger partial charge is 0.254 e. The molecule has 2 aliphatic heterocycles. The van der Waals surface area contributed by atoms with E-state index in [1.54, 1.807) is 36.9 Å². The fourth-order valence-corrected chi connectivity index (χ4v) is 5.52. The van der Waals surface area contributed by atoms with Gasteiger partial charge in [-0.15, -0.1) is 0 Å². The molecule has 0 radical (unpaired) electrons. The molecule has 6 nitrogen and oxygen atoms in total. The lowest BCUT2D eigenvalue weighted by atomic mass is 9.81. The van der Waals surface area contributed by atoms with Crippen molar-refractivity contribution in [1.82, 2.24) is 19.7 Å². The molecule has 4 aromatic rings. The molecule has 4 heterocycles. The minimum atomic E-state index is -1.49. The third-order valence-corrected chi connectivity index (χ3v) is 6.91. The molecule has 0 unspecified atom stereocenters. The van der Waals surface area contributed by atoms with Crippen molar-refractivity contribution in [2.75, 3.05) is 0 Å². The normalized spacial score (nSPS) is 19.5. The topological polar surface area (TPSA) is 64.2 Å². The predicted octanol–water partition coefficient (Wildman–Crippen LogP) is 5.25. The van der Waals surface area contributed by atoms with Crippen molar-refractivity contribution >= 4 is 17.0 Å². The molecule has 0 saturated carbocycles. The van der Waals surface area contributed by atoms with Gasteiger partial charge in [-0.25, -0.2) is 18.2 Å². The van der Waals surface area contributed by atoms with Crippen LogP contribution in [0.5, 0.6) is 0 Å². The number of nitrogens with zero attached hydrogens (tertiary/aromatic N) is 4. The van der Waals surface area contributed by atoms with Crippen LogP contribution in [0, 0.1) is 24.4 Å². The van der Waals surface area contributed by atoms with Gasteiger partial charge >= 0.3 is 0 Å². The largest absolute Gasteiger partial charge is 0.441 e. The molecule has 1 amide bonds. The van der Waals surface area contributed by atoms with Gasteiger partial charge in [-0.05, 0) is 56.0 Å². The summed E-state index contributed by atoms with van der Waals surface area (Å²) in [6, 6.07) is 6.92. The Kier molecular flexibility index (Phi) is 4.59. The highest BCUT2D eigenvalue weighted by Gasteiger charge is 2.43. The molecule has 1 fully saturated rings. The number of amides is 1. The first-order valence-electron chi connectivity index (χ1n) is 11.2. The number of oxazole rings is 1. The van der Waals surface area contributed by atoms with Crippen molar-refractivity contribution in [2.45, 2.75) is 44.7 Å². The number of piperidine rings is 1. The van der Waals surface area contributed by atoms with Gasteiger partial charge in [-0.2, -0.15) is 5.10 Å². The molecule has 2 bridgehead atoms. The van der Waals surface area contributed by atoms with Gasteiger partial charge in [0.2, 0.25) is 0 Å². The van der Waals surface area contributed by atoms with Crippen LogP contribution in [0.4, 0.5) is 13.2 Å². The zero-order chi connectivity index (χ0) is 23.7. The van der Waals surface area contributed by atoms with Gasteiger partial charge in [0.15, 0.2) is 28.9 Å². The van der Waals surface area contributed by atoms with E-state index in [1.807, 2.05) is 4.90 Å². The van der Waals surface area contributed by atoms with Gasteiger partial charge in [0.1, 0.15) is 5.52 Å². The van der Waals surface area contributed by atoms with E-state index in [1.165, 1.54) is 0 Å². The number of benzene rings is 2. The highest BCUT2D eigenvalue weighted by Crippen LogP contribution is 2.45. The molecule has 2 aromatic carbocycles. The number of fused-ring (bicyclic) bond motifs is 5. The number of hydrogen-bond donors (Lipinski definition) is 0. The van der Waals surface area contributed by atoms with Crippen LogP contribution >= 0.6 is 0 Å². The summed E-state index contributed by atoms with van der Waals surface area (Å²) in [4.78, 5) is 19.8. The van der Waals surface area contributed by atoms with Gasteiger partial charge in [0.05, 0.1) is 17.4 Å². The van der Waals surface area contributed by atoms with Crippen molar-refractivity contribution in [3.63, 3.8) is 0 Å². The number of halogens is 3. The Morgan fingerprint density at radius 2 is 1.88 bits per heavy atom. The van der Waals surface area contributed by atoms with E-state index < -0.39 is 17.5 Å². The van der Waals surface area contributed by atoms with E-state index in [9.17, 15) is 18.0 Å². The van der Waals surface area contributed by atoms with Crippen LogP contribution in [0.1, 0.15) is 52.8 Å². The van der Waals surface area contributed by atoms with Crippen LogP contribution in [0.2, 0.25) is 0 Å². The standard InChI is InChI=1S/C25H21F3N4O2/c1-12-29-19-7-6-13(10-21(19)34-12)25(33)32-15-4-3-5-20(32)23-16(11-15)24(31(2)30-23)14-8-17(26)22(28)18(27)9-14/h6-10,15,20H,3-5,11H2,1-2H3/t15-,20+/m0/s1. The maximum absolute atomic E-state index is 14.0. The van der Waals surface area contributed by atoms with E-state index in [0.717, 1.165) is 42.7 Å². The maximum atomic E-state index is 14.0. The van der Waals surface area contributed by atoms with Crippen LogP contribution in [-0.2, 0) is 13.5 Å². The zero-order valence-electron chi connectivity index (χ0n) is 18.6. The molecule has 9 heteroatoms. The van der Waals surface area contributed by atoms with Crippen molar-refractivity contribution in [3.8, 4) is 11.3 Å². The van der Waals surface area contributed by atoms with Crippen LogP contribution in [0.15, 0.2) is 34.7 Å². The summed E-state index contributed by atoms with van der Waals surface area (Å²) >= 11 is 0. The summed E-state index contributed by atoms with van der Waals surface area (Å²) in [6.45, 7) is 1.76.